The molecule has 116 valence electrons. The van der Waals surface area contributed by atoms with Gasteiger partial charge in [-0.05, 0) is 31.5 Å². The predicted molar refractivity (Wildman–Crippen MR) is 78.6 cm³/mol. The zero-order chi connectivity index (χ0) is 15.8. The Morgan fingerprint density at radius 1 is 1.33 bits per heavy atom. The summed E-state index contributed by atoms with van der Waals surface area (Å²) in [5.41, 5.74) is 6.00. The van der Waals surface area contributed by atoms with Crippen LogP contribution in [0.2, 0.25) is 0 Å². The van der Waals surface area contributed by atoms with Gasteiger partial charge in [-0.15, -0.1) is 0 Å². The van der Waals surface area contributed by atoms with Gasteiger partial charge in [0.2, 0.25) is 0 Å². The van der Waals surface area contributed by atoms with Crippen LogP contribution in [0.25, 0.3) is 0 Å². The molecule has 1 aliphatic heterocycles. The lowest BCUT2D eigenvalue weighted by atomic mass is 9.90. The molecule has 1 aromatic rings. The molecular formula is C15H21F2N3O. The number of methoxy groups -OCH3 is 1. The van der Waals surface area contributed by atoms with Gasteiger partial charge in [0.15, 0.2) is 0 Å². The van der Waals surface area contributed by atoms with Crippen molar-refractivity contribution in [1.29, 1.82) is 0 Å². The van der Waals surface area contributed by atoms with Crippen LogP contribution in [-0.2, 0) is 6.54 Å². The van der Waals surface area contributed by atoms with Crippen LogP contribution in [0.1, 0.15) is 26.3 Å². The third-order valence-electron chi connectivity index (χ3n) is 3.89. The van der Waals surface area contributed by atoms with Crippen molar-refractivity contribution in [2.24, 2.45) is 10.8 Å². The fourth-order valence-corrected chi connectivity index (χ4v) is 2.32. The Balaban J connectivity index is 2.23. The van der Waals surface area contributed by atoms with E-state index < -0.39 is 17.5 Å². The second-order valence-electron chi connectivity index (χ2n) is 5.91. The number of hydrogen-bond donors (Lipinski definition) is 1. The van der Waals surface area contributed by atoms with Gasteiger partial charge in [-0.1, -0.05) is 12.1 Å². The van der Waals surface area contributed by atoms with Crippen LogP contribution in [0.15, 0.2) is 29.4 Å². The molecule has 21 heavy (non-hydrogen) atoms. The largest absolute Gasteiger partial charge is 0.497 e. The Labute approximate surface area is 123 Å². The van der Waals surface area contributed by atoms with E-state index >= 15 is 0 Å². The molecule has 4 nitrogen and oxygen atoms in total. The molecule has 1 unspecified atom stereocenters. The van der Waals surface area contributed by atoms with E-state index in [4.69, 9.17) is 10.5 Å². The molecule has 0 saturated carbocycles. The lowest BCUT2D eigenvalue weighted by molar-refractivity contribution is 0.0964. The van der Waals surface area contributed by atoms with Crippen LogP contribution in [0.3, 0.4) is 0 Å². The SMILES string of the molecule is COc1ccc(CN2N=C(C(C)(F)F)C(N)C2(C)C)cc1. The van der Waals surface area contributed by atoms with Crippen molar-refractivity contribution in [2.45, 2.75) is 44.8 Å². The van der Waals surface area contributed by atoms with E-state index in [2.05, 4.69) is 5.10 Å². The average molecular weight is 297 g/mol. The highest BCUT2D eigenvalue weighted by Gasteiger charge is 2.49. The van der Waals surface area contributed by atoms with Crippen molar-refractivity contribution in [3.05, 3.63) is 29.8 Å². The minimum Gasteiger partial charge on any atom is -0.497 e. The number of rotatable bonds is 4. The summed E-state index contributed by atoms with van der Waals surface area (Å²) in [7, 11) is 1.59. The Hall–Kier alpha value is -1.69. The van der Waals surface area contributed by atoms with Gasteiger partial charge in [-0.2, -0.15) is 5.10 Å². The highest BCUT2D eigenvalue weighted by molar-refractivity contribution is 5.97. The molecule has 1 atom stereocenters. The van der Waals surface area contributed by atoms with Crippen molar-refractivity contribution < 1.29 is 13.5 Å². The van der Waals surface area contributed by atoms with Crippen molar-refractivity contribution in [3.8, 4) is 5.75 Å². The lowest BCUT2D eigenvalue weighted by Crippen LogP contribution is -2.54. The first kappa shape index (κ1) is 15.7. The van der Waals surface area contributed by atoms with Crippen molar-refractivity contribution in [3.63, 3.8) is 0 Å². The summed E-state index contributed by atoms with van der Waals surface area (Å²) in [5.74, 6) is -2.26. The number of halogens is 2. The molecule has 1 heterocycles. The number of ether oxygens (including phenoxy) is 1. The molecule has 1 aromatic carbocycles. The second-order valence-corrected chi connectivity index (χ2v) is 5.91. The van der Waals surface area contributed by atoms with Gasteiger partial charge >= 0.3 is 0 Å². The smallest absolute Gasteiger partial charge is 0.286 e. The zero-order valence-corrected chi connectivity index (χ0v) is 12.7. The monoisotopic (exact) mass is 297 g/mol. The molecule has 0 fully saturated rings. The number of hydrogen-bond acceptors (Lipinski definition) is 4. The van der Waals surface area contributed by atoms with Crippen molar-refractivity contribution in [2.75, 3.05) is 7.11 Å². The summed E-state index contributed by atoms with van der Waals surface area (Å²) in [5, 5.41) is 5.71. The molecule has 0 spiro atoms. The summed E-state index contributed by atoms with van der Waals surface area (Å²) in [6, 6.07) is 6.64. The van der Waals surface area contributed by atoms with E-state index in [9.17, 15) is 8.78 Å². The Morgan fingerprint density at radius 2 is 1.90 bits per heavy atom. The van der Waals surface area contributed by atoms with Crippen LogP contribution in [0, 0.1) is 0 Å². The minimum atomic E-state index is -3.01. The van der Waals surface area contributed by atoms with E-state index in [1.807, 2.05) is 38.1 Å². The molecule has 1 aliphatic rings. The fourth-order valence-electron chi connectivity index (χ4n) is 2.32. The molecule has 2 N–H and O–H groups in total. The first-order valence-electron chi connectivity index (χ1n) is 6.79. The molecule has 0 radical (unpaired) electrons. The molecule has 0 aliphatic carbocycles. The molecule has 0 amide bonds. The van der Waals surface area contributed by atoms with Gasteiger partial charge in [-0.3, -0.25) is 5.01 Å². The van der Waals surface area contributed by atoms with Gasteiger partial charge in [-0.25, -0.2) is 8.78 Å². The van der Waals surface area contributed by atoms with E-state index in [-0.39, 0.29) is 5.71 Å². The van der Waals surface area contributed by atoms with Gasteiger partial charge in [0.1, 0.15) is 11.5 Å². The minimum absolute atomic E-state index is 0.263. The van der Waals surface area contributed by atoms with E-state index in [1.165, 1.54) is 0 Å². The topological polar surface area (TPSA) is 50.8 Å². The number of hydrazone groups is 1. The van der Waals surface area contributed by atoms with Crippen LogP contribution in [0.5, 0.6) is 5.75 Å². The Bertz CT molecular complexity index is 535. The van der Waals surface area contributed by atoms with Gasteiger partial charge in [0, 0.05) is 6.92 Å². The lowest BCUT2D eigenvalue weighted by Gasteiger charge is -2.34. The highest BCUT2D eigenvalue weighted by atomic mass is 19.3. The Kier molecular flexibility index (Phi) is 3.93. The normalized spacial score (nSPS) is 21.4. The van der Waals surface area contributed by atoms with Crippen molar-refractivity contribution in [1.82, 2.24) is 5.01 Å². The first-order valence-corrected chi connectivity index (χ1v) is 6.79. The Morgan fingerprint density at radius 3 is 2.33 bits per heavy atom. The quantitative estimate of drug-likeness (QED) is 0.929. The molecule has 0 aromatic heterocycles. The third-order valence-corrected chi connectivity index (χ3v) is 3.89. The predicted octanol–water partition coefficient (Wildman–Crippen LogP) is 2.63. The maximum atomic E-state index is 13.6. The van der Waals surface area contributed by atoms with Crippen LogP contribution in [0.4, 0.5) is 8.78 Å². The van der Waals surface area contributed by atoms with Gasteiger partial charge < -0.3 is 10.5 Å². The van der Waals surface area contributed by atoms with E-state index in [0.29, 0.717) is 6.54 Å². The second kappa shape index (κ2) is 5.26. The molecule has 6 heteroatoms. The van der Waals surface area contributed by atoms with Crippen LogP contribution in [-0.4, -0.2) is 35.3 Å². The van der Waals surface area contributed by atoms with E-state index in [0.717, 1.165) is 18.2 Å². The van der Waals surface area contributed by atoms with Crippen molar-refractivity contribution >= 4 is 5.71 Å². The molecule has 0 bridgehead atoms. The van der Waals surface area contributed by atoms with Crippen LogP contribution < -0.4 is 10.5 Å². The summed E-state index contributed by atoms with van der Waals surface area (Å²) in [4.78, 5) is 0. The fraction of sp³-hybridized carbons (Fsp3) is 0.533. The van der Waals surface area contributed by atoms with Crippen LogP contribution >= 0.6 is 0 Å². The maximum absolute atomic E-state index is 13.6. The molecule has 0 saturated heterocycles. The average Bonchev–Trinajstić information content (AvgIpc) is 2.63. The third kappa shape index (κ3) is 3.00. The summed E-state index contributed by atoms with van der Waals surface area (Å²) in [6.45, 7) is 4.90. The molecular weight excluding hydrogens is 276 g/mol. The van der Waals surface area contributed by atoms with Gasteiger partial charge in [0.05, 0.1) is 25.2 Å². The highest BCUT2D eigenvalue weighted by Crippen LogP contribution is 2.33. The standard InChI is InChI=1S/C15H21F2N3O/c1-14(2)12(18)13(15(3,16)17)19-20(14)9-10-5-7-11(21-4)8-6-10/h5-8,12H,9,18H2,1-4H3. The van der Waals surface area contributed by atoms with E-state index in [1.54, 1.807) is 12.1 Å². The van der Waals surface area contributed by atoms with Gasteiger partial charge in [0.25, 0.3) is 5.92 Å². The summed E-state index contributed by atoms with van der Waals surface area (Å²) < 4.78 is 32.3. The maximum Gasteiger partial charge on any atom is 0.286 e. The number of nitrogens with two attached hydrogens (primary N) is 1. The number of nitrogens with zero attached hydrogens (tertiary/aromatic N) is 2. The number of alkyl halides is 2. The number of benzene rings is 1. The summed E-state index contributed by atoms with van der Waals surface area (Å²) >= 11 is 0. The zero-order valence-electron chi connectivity index (χ0n) is 12.7. The summed E-state index contributed by atoms with van der Waals surface area (Å²) in [6.07, 6.45) is 0. The molecule has 2 rings (SSSR count). The first-order chi connectivity index (χ1) is 9.66.